The minimum atomic E-state index is -0.141. The van der Waals surface area contributed by atoms with Gasteiger partial charge in [-0.05, 0) is 19.8 Å². The standard InChI is InChI=1S/C12H23N7O2/c1-7(2)5-14-9(20)6-15-10-16-11(19-13)18-12(17-10)21-8(3)4/h7-8H,5-6,13H2,1-4H3,(H,14,20)(H2,15,16,17,18,19). The Kier molecular flexibility index (Phi) is 6.60. The third-order valence-corrected chi connectivity index (χ3v) is 2.20. The van der Waals surface area contributed by atoms with Gasteiger partial charge < -0.3 is 15.4 Å². The van der Waals surface area contributed by atoms with Crippen LogP contribution < -0.4 is 26.6 Å². The third kappa shape index (κ3) is 6.70. The van der Waals surface area contributed by atoms with Crippen LogP contribution >= 0.6 is 0 Å². The lowest BCUT2D eigenvalue weighted by atomic mass is 10.2. The molecule has 9 heteroatoms. The summed E-state index contributed by atoms with van der Waals surface area (Å²) < 4.78 is 5.38. The Balaban J connectivity index is 2.63. The fraction of sp³-hybridized carbons (Fsp3) is 0.667. The summed E-state index contributed by atoms with van der Waals surface area (Å²) >= 11 is 0. The van der Waals surface area contributed by atoms with Crippen LogP contribution in [0.15, 0.2) is 0 Å². The molecule has 1 heterocycles. The Morgan fingerprint density at radius 2 is 1.86 bits per heavy atom. The van der Waals surface area contributed by atoms with Gasteiger partial charge in [0.2, 0.25) is 17.8 Å². The number of nitrogens with one attached hydrogen (secondary N) is 3. The number of rotatable bonds is 8. The van der Waals surface area contributed by atoms with Crippen LogP contribution in [0.1, 0.15) is 27.7 Å². The number of hydrogen-bond acceptors (Lipinski definition) is 8. The first-order chi connectivity index (χ1) is 9.90. The number of amides is 1. The van der Waals surface area contributed by atoms with Crippen molar-refractivity contribution in [3.8, 4) is 6.01 Å². The number of nitrogens with zero attached hydrogens (tertiary/aromatic N) is 3. The first kappa shape index (κ1) is 16.9. The van der Waals surface area contributed by atoms with E-state index in [1.165, 1.54) is 0 Å². The normalized spacial score (nSPS) is 10.6. The second-order valence-electron chi connectivity index (χ2n) is 5.13. The molecule has 0 spiro atoms. The topological polar surface area (TPSA) is 127 Å². The van der Waals surface area contributed by atoms with E-state index in [0.29, 0.717) is 12.5 Å². The van der Waals surface area contributed by atoms with E-state index in [1.54, 1.807) is 0 Å². The summed E-state index contributed by atoms with van der Waals surface area (Å²) in [5.41, 5.74) is 2.33. The molecular weight excluding hydrogens is 274 g/mol. The van der Waals surface area contributed by atoms with Crippen molar-refractivity contribution in [2.24, 2.45) is 11.8 Å². The van der Waals surface area contributed by atoms with Gasteiger partial charge in [-0.1, -0.05) is 13.8 Å². The van der Waals surface area contributed by atoms with Crippen LogP contribution in [0, 0.1) is 5.92 Å². The van der Waals surface area contributed by atoms with Gasteiger partial charge in [0, 0.05) is 6.54 Å². The molecule has 0 aliphatic carbocycles. The van der Waals surface area contributed by atoms with Gasteiger partial charge in [-0.3, -0.25) is 10.2 Å². The molecule has 1 amide bonds. The summed E-state index contributed by atoms with van der Waals surface area (Å²) in [4.78, 5) is 23.6. The number of carbonyl (C=O) groups excluding carboxylic acids is 1. The summed E-state index contributed by atoms with van der Waals surface area (Å²) in [5.74, 6) is 5.92. The number of anilines is 2. The maximum Gasteiger partial charge on any atom is 0.323 e. The third-order valence-electron chi connectivity index (χ3n) is 2.20. The minimum absolute atomic E-state index is 0.0574. The van der Waals surface area contributed by atoms with Gasteiger partial charge in [-0.25, -0.2) is 5.84 Å². The fourth-order valence-corrected chi connectivity index (χ4v) is 1.30. The van der Waals surface area contributed by atoms with Crippen molar-refractivity contribution >= 4 is 17.8 Å². The van der Waals surface area contributed by atoms with Crippen LogP contribution in [0.3, 0.4) is 0 Å². The van der Waals surface area contributed by atoms with Crippen molar-refractivity contribution in [2.45, 2.75) is 33.8 Å². The first-order valence-electron chi connectivity index (χ1n) is 6.80. The van der Waals surface area contributed by atoms with Crippen LogP contribution in [0.25, 0.3) is 0 Å². The van der Waals surface area contributed by atoms with E-state index in [9.17, 15) is 4.79 Å². The van der Waals surface area contributed by atoms with Gasteiger partial charge in [-0.15, -0.1) is 0 Å². The zero-order valence-electron chi connectivity index (χ0n) is 12.8. The van der Waals surface area contributed by atoms with Crippen LogP contribution in [0.2, 0.25) is 0 Å². The number of hydrazine groups is 1. The van der Waals surface area contributed by atoms with E-state index >= 15 is 0 Å². The van der Waals surface area contributed by atoms with Crippen LogP contribution in [-0.2, 0) is 4.79 Å². The maximum absolute atomic E-state index is 11.6. The quantitative estimate of drug-likeness (QED) is 0.394. The molecule has 1 aromatic heterocycles. The Bertz CT molecular complexity index is 465. The molecule has 1 rings (SSSR count). The van der Waals surface area contributed by atoms with E-state index in [-0.39, 0.29) is 36.5 Å². The van der Waals surface area contributed by atoms with E-state index in [2.05, 4.69) is 31.0 Å². The fourth-order valence-electron chi connectivity index (χ4n) is 1.30. The lowest BCUT2D eigenvalue weighted by Gasteiger charge is -2.11. The van der Waals surface area contributed by atoms with Crippen LogP contribution in [0.4, 0.5) is 11.9 Å². The molecule has 1 aromatic rings. The summed E-state index contributed by atoms with van der Waals surface area (Å²) in [6, 6.07) is 0.137. The average Bonchev–Trinajstić information content (AvgIpc) is 2.41. The maximum atomic E-state index is 11.6. The molecule has 0 saturated carbocycles. The molecule has 0 aliphatic rings. The Hall–Kier alpha value is -2.16. The smallest absolute Gasteiger partial charge is 0.323 e. The van der Waals surface area contributed by atoms with Gasteiger partial charge >= 0.3 is 6.01 Å². The van der Waals surface area contributed by atoms with Crippen molar-refractivity contribution in [3.63, 3.8) is 0 Å². The second-order valence-corrected chi connectivity index (χ2v) is 5.13. The summed E-state index contributed by atoms with van der Waals surface area (Å²) in [6.07, 6.45) is -0.0831. The van der Waals surface area contributed by atoms with Crippen molar-refractivity contribution in [3.05, 3.63) is 0 Å². The highest BCUT2D eigenvalue weighted by atomic mass is 16.5. The Morgan fingerprint density at radius 1 is 1.19 bits per heavy atom. The molecule has 0 saturated heterocycles. The summed E-state index contributed by atoms with van der Waals surface area (Å²) in [7, 11) is 0. The molecule has 0 unspecified atom stereocenters. The number of ether oxygens (including phenoxy) is 1. The zero-order valence-corrected chi connectivity index (χ0v) is 12.8. The largest absolute Gasteiger partial charge is 0.461 e. The lowest BCUT2D eigenvalue weighted by Crippen LogP contribution is -2.33. The zero-order chi connectivity index (χ0) is 15.8. The van der Waals surface area contributed by atoms with Gasteiger partial charge in [-0.2, -0.15) is 15.0 Å². The number of hydrogen-bond donors (Lipinski definition) is 4. The van der Waals surface area contributed by atoms with Gasteiger partial charge in [0.15, 0.2) is 0 Å². The first-order valence-corrected chi connectivity index (χ1v) is 6.80. The van der Waals surface area contributed by atoms with Crippen molar-refractivity contribution in [1.82, 2.24) is 20.3 Å². The molecule has 0 radical (unpaired) electrons. The highest BCUT2D eigenvalue weighted by molar-refractivity contribution is 5.80. The Morgan fingerprint density at radius 3 is 2.43 bits per heavy atom. The average molecular weight is 297 g/mol. The van der Waals surface area contributed by atoms with Crippen molar-refractivity contribution < 1.29 is 9.53 Å². The number of carbonyl (C=O) groups is 1. The molecule has 9 nitrogen and oxygen atoms in total. The van der Waals surface area contributed by atoms with Gasteiger partial charge in [0.25, 0.3) is 0 Å². The molecule has 0 bridgehead atoms. The molecule has 0 aliphatic heterocycles. The van der Waals surface area contributed by atoms with E-state index in [4.69, 9.17) is 10.6 Å². The van der Waals surface area contributed by atoms with E-state index in [0.717, 1.165) is 0 Å². The van der Waals surface area contributed by atoms with Crippen LogP contribution in [-0.4, -0.2) is 40.1 Å². The predicted molar refractivity (Wildman–Crippen MR) is 79.7 cm³/mol. The van der Waals surface area contributed by atoms with Crippen molar-refractivity contribution in [1.29, 1.82) is 0 Å². The molecule has 0 atom stereocenters. The number of nitrogens with two attached hydrogens (primary N) is 1. The molecule has 0 aromatic carbocycles. The van der Waals surface area contributed by atoms with E-state index in [1.807, 2.05) is 27.7 Å². The van der Waals surface area contributed by atoms with Gasteiger partial charge in [0.1, 0.15) is 0 Å². The molecule has 0 fully saturated rings. The Labute approximate surface area is 124 Å². The predicted octanol–water partition coefficient (Wildman–Crippen LogP) is 0.129. The molecule has 21 heavy (non-hydrogen) atoms. The minimum Gasteiger partial charge on any atom is -0.461 e. The summed E-state index contributed by atoms with van der Waals surface area (Å²) in [6.45, 7) is 8.43. The monoisotopic (exact) mass is 297 g/mol. The van der Waals surface area contributed by atoms with Crippen molar-refractivity contribution in [2.75, 3.05) is 23.8 Å². The number of nitrogen functional groups attached to an aromatic ring is 1. The molecular formula is C12H23N7O2. The summed E-state index contributed by atoms with van der Waals surface area (Å²) in [5, 5.41) is 5.59. The number of aromatic nitrogens is 3. The highest BCUT2D eigenvalue weighted by Crippen LogP contribution is 2.11. The van der Waals surface area contributed by atoms with Gasteiger partial charge in [0.05, 0.1) is 12.6 Å². The molecule has 5 N–H and O–H groups in total. The van der Waals surface area contributed by atoms with E-state index < -0.39 is 0 Å². The molecule has 118 valence electrons. The van der Waals surface area contributed by atoms with Crippen LogP contribution in [0.5, 0.6) is 6.01 Å². The SMILES string of the molecule is CC(C)CNC(=O)CNc1nc(NN)nc(OC(C)C)n1. The highest BCUT2D eigenvalue weighted by Gasteiger charge is 2.09. The second kappa shape index (κ2) is 8.20. The lowest BCUT2D eigenvalue weighted by molar-refractivity contribution is -0.119.